The van der Waals surface area contributed by atoms with E-state index in [1.807, 2.05) is 6.07 Å². The molecule has 62 valence electrons. The van der Waals surface area contributed by atoms with E-state index in [1.165, 1.54) is 0 Å². The topological polar surface area (TPSA) is 68.0 Å². The summed E-state index contributed by atoms with van der Waals surface area (Å²) in [5.74, 6) is -0.346. The molecular weight excluding hydrogens is 154 g/mol. The number of hydrogen-bond donors (Lipinski definition) is 2. The molecule has 0 fully saturated rings. The molecule has 1 atom stereocenters. The lowest BCUT2D eigenvalue weighted by atomic mass is 10.1. The summed E-state index contributed by atoms with van der Waals surface area (Å²) in [5, 5.41) is 3.01. The third-order valence-corrected chi connectivity index (χ3v) is 2.04. The first kappa shape index (κ1) is 7.24. The van der Waals surface area contributed by atoms with Crippen LogP contribution in [0.25, 0.3) is 0 Å². The number of primary amides is 1. The fourth-order valence-electron chi connectivity index (χ4n) is 1.43. The summed E-state index contributed by atoms with van der Waals surface area (Å²) in [6.45, 7) is 0.700. The third kappa shape index (κ3) is 0.967. The second-order valence-electron chi connectivity index (χ2n) is 2.79. The van der Waals surface area contributed by atoms with Crippen LogP contribution in [0.1, 0.15) is 17.2 Å². The number of rotatable bonds is 1. The minimum Gasteiger partial charge on any atom is -0.368 e. The van der Waals surface area contributed by atoms with Gasteiger partial charge < -0.3 is 5.73 Å². The molecule has 4 heteroatoms. The van der Waals surface area contributed by atoms with Gasteiger partial charge in [0.15, 0.2) is 0 Å². The number of aromatic nitrogens is 1. The van der Waals surface area contributed by atoms with E-state index in [2.05, 4.69) is 10.3 Å². The zero-order chi connectivity index (χ0) is 8.55. The van der Waals surface area contributed by atoms with Crippen LogP contribution in [0.3, 0.4) is 0 Å². The van der Waals surface area contributed by atoms with Gasteiger partial charge in [-0.1, -0.05) is 0 Å². The van der Waals surface area contributed by atoms with Gasteiger partial charge in [-0.3, -0.25) is 15.1 Å². The maximum atomic E-state index is 10.9. The summed E-state index contributed by atoms with van der Waals surface area (Å²) in [7, 11) is 0. The van der Waals surface area contributed by atoms with Crippen molar-refractivity contribution in [2.75, 3.05) is 0 Å². The summed E-state index contributed by atoms with van der Waals surface area (Å²) in [6.07, 6.45) is 3.40. The highest BCUT2D eigenvalue weighted by Crippen LogP contribution is 2.22. The summed E-state index contributed by atoms with van der Waals surface area (Å²) < 4.78 is 0. The molecule has 0 saturated heterocycles. The Morgan fingerprint density at radius 3 is 3.33 bits per heavy atom. The van der Waals surface area contributed by atoms with Gasteiger partial charge in [-0.25, -0.2) is 0 Å². The Hall–Kier alpha value is -1.42. The highest BCUT2D eigenvalue weighted by atomic mass is 16.1. The number of fused-ring (bicyclic) bond motifs is 1. The summed E-state index contributed by atoms with van der Waals surface area (Å²) in [4.78, 5) is 14.8. The molecule has 2 heterocycles. The van der Waals surface area contributed by atoms with Crippen molar-refractivity contribution in [1.82, 2.24) is 10.3 Å². The Morgan fingerprint density at radius 2 is 2.58 bits per heavy atom. The first-order valence-corrected chi connectivity index (χ1v) is 3.74. The highest BCUT2D eigenvalue weighted by Gasteiger charge is 2.25. The summed E-state index contributed by atoms with van der Waals surface area (Å²) in [5.41, 5.74) is 7.20. The largest absolute Gasteiger partial charge is 0.368 e. The quantitative estimate of drug-likeness (QED) is 0.597. The Balaban J connectivity index is 2.42. The molecule has 0 spiro atoms. The van der Waals surface area contributed by atoms with Crippen LogP contribution in [0.4, 0.5) is 0 Å². The van der Waals surface area contributed by atoms with Gasteiger partial charge in [0.1, 0.15) is 6.04 Å². The molecule has 0 aliphatic carbocycles. The lowest BCUT2D eigenvalue weighted by molar-refractivity contribution is -0.119. The first-order valence-electron chi connectivity index (χ1n) is 3.74. The van der Waals surface area contributed by atoms with Crippen molar-refractivity contribution in [1.29, 1.82) is 0 Å². The number of nitrogens with two attached hydrogens (primary N) is 1. The van der Waals surface area contributed by atoms with Crippen LogP contribution in [0.15, 0.2) is 18.5 Å². The van der Waals surface area contributed by atoms with E-state index in [0.717, 1.165) is 11.1 Å². The Labute approximate surface area is 69.8 Å². The van der Waals surface area contributed by atoms with Gasteiger partial charge in [0.05, 0.1) is 0 Å². The monoisotopic (exact) mass is 163 g/mol. The van der Waals surface area contributed by atoms with E-state index in [4.69, 9.17) is 5.73 Å². The molecular formula is C8H9N3O. The Bertz CT molecular complexity index is 324. The van der Waals surface area contributed by atoms with Gasteiger partial charge in [-0.2, -0.15) is 0 Å². The molecule has 1 unspecified atom stereocenters. The van der Waals surface area contributed by atoms with Gasteiger partial charge in [0.25, 0.3) is 0 Å². The van der Waals surface area contributed by atoms with Crippen molar-refractivity contribution >= 4 is 5.91 Å². The molecule has 0 bridgehead atoms. The van der Waals surface area contributed by atoms with Crippen molar-refractivity contribution < 1.29 is 4.79 Å². The predicted octanol–water partition coefficient (Wildman–Crippen LogP) is -0.289. The van der Waals surface area contributed by atoms with Gasteiger partial charge in [0.2, 0.25) is 5.91 Å². The van der Waals surface area contributed by atoms with Gasteiger partial charge in [-0.05, 0) is 11.6 Å². The number of amides is 1. The second-order valence-corrected chi connectivity index (χ2v) is 2.79. The van der Waals surface area contributed by atoms with Gasteiger partial charge in [-0.15, -0.1) is 0 Å². The van der Waals surface area contributed by atoms with E-state index >= 15 is 0 Å². The summed E-state index contributed by atoms with van der Waals surface area (Å²) >= 11 is 0. The first-order chi connectivity index (χ1) is 5.79. The van der Waals surface area contributed by atoms with Crippen LogP contribution in [-0.2, 0) is 11.3 Å². The minimum absolute atomic E-state index is 0.346. The zero-order valence-corrected chi connectivity index (χ0v) is 6.45. The van der Waals surface area contributed by atoms with Gasteiger partial charge >= 0.3 is 0 Å². The second kappa shape index (κ2) is 2.57. The smallest absolute Gasteiger partial charge is 0.239 e. The standard InChI is InChI=1S/C8H9N3O/c9-8(12)7-6-4-10-2-1-5(6)3-11-7/h1-2,4,7,11H,3H2,(H2,9,12). The number of hydrogen-bond acceptors (Lipinski definition) is 3. The Kier molecular flexibility index (Phi) is 1.55. The lowest BCUT2D eigenvalue weighted by Gasteiger charge is -2.04. The average molecular weight is 163 g/mol. The number of pyridine rings is 1. The molecule has 0 aromatic carbocycles. The predicted molar refractivity (Wildman–Crippen MR) is 43.0 cm³/mol. The maximum absolute atomic E-state index is 10.9. The molecule has 2 rings (SSSR count). The number of nitrogens with one attached hydrogen (secondary N) is 1. The SMILES string of the molecule is NC(=O)C1NCc2ccncc21. The van der Waals surface area contributed by atoms with Crippen LogP contribution < -0.4 is 11.1 Å². The average Bonchev–Trinajstić information content (AvgIpc) is 2.47. The fraction of sp³-hybridized carbons (Fsp3) is 0.250. The molecule has 0 radical (unpaired) electrons. The molecule has 1 aliphatic rings. The normalized spacial score (nSPS) is 20.5. The number of nitrogens with zero attached hydrogens (tertiary/aromatic N) is 1. The van der Waals surface area contributed by atoms with Crippen molar-refractivity contribution in [2.24, 2.45) is 5.73 Å². The van der Waals surface area contributed by atoms with Crippen molar-refractivity contribution in [3.8, 4) is 0 Å². The van der Waals surface area contributed by atoms with Crippen LogP contribution in [0, 0.1) is 0 Å². The molecule has 1 aliphatic heterocycles. The van der Waals surface area contributed by atoms with E-state index in [9.17, 15) is 4.79 Å². The molecule has 0 saturated carbocycles. The third-order valence-electron chi connectivity index (χ3n) is 2.04. The number of carbonyl (C=O) groups is 1. The maximum Gasteiger partial charge on any atom is 0.239 e. The van der Waals surface area contributed by atoms with E-state index in [1.54, 1.807) is 12.4 Å². The molecule has 4 nitrogen and oxygen atoms in total. The van der Waals surface area contributed by atoms with Crippen LogP contribution in [-0.4, -0.2) is 10.9 Å². The molecule has 3 N–H and O–H groups in total. The molecule has 1 aromatic heterocycles. The lowest BCUT2D eigenvalue weighted by Crippen LogP contribution is -2.28. The van der Waals surface area contributed by atoms with Crippen molar-refractivity contribution in [3.05, 3.63) is 29.6 Å². The minimum atomic E-state index is -0.353. The van der Waals surface area contributed by atoms with E-state index in [-0.39, 0.29) is 11.9 Å². The van der Waals surface area contributed by atoms with E-state index < -0.39 is 0 Å². The van der Waals surface area contributed by atoms with Crippen molar-refractivity contribution in [2.45, 2.75) is 12.6 Å². The molecule has 1 aromatic rings. The molecule has 12 heavy (non-hydrogen) atoms. The van der Waals surface area contributed by atoms with Crippen molar-refractivity contribution in [3.63, 3.8) is 0 Å². The van der Waals surface area contributed by atoms with Gasteiger partial charge in [0, 0.05) is 24.5 Å². The van der Waals surface area contributed by atoms with E-state index in [0.29, 0.717) is 6.54 Å². The van der Waals surface area contributed by atoms with Crippen LogP contribution in [0.2, 0.25) is 0 Å². The Morgan fingerprint density at radius 1 is 1.75 bits per heavy atom. The summed E-state index contributed by atoms with van der Waals surface area (Å²) in [6, 6.07) is 1.54. The zero-order valence-electron chi connectivity index (χ0n) is 6.45. The fourth-order valence-corrected chi connectivity index (χ4v) is 1.43. The van der Waals surface area contributed by atoms with Crippen LogP contribution in [0.5, 0.6) is 0 Å². The highest BCUT2D eigenvalue weighted by molar-refractivity contribution is 5.82. The van der Waals surface area contributed by atoms with Crippen LogP contribution >= 0.6 is 0 Å². The molecule has 1 amide bonds. The number of carbonyl (C=O) groups excluding carboxylic acids is 1.